The lowest BCUT2D eigenvalue weighted by atomic mass is 9.88. The average Bonchev–Trinajstić information content (AvgIpc) is 2.55. The fourth-order valence-corrected chi connectivity index (χ4v) is 3.58. The topological polar surface area (TPSA) is 29.3 Å². The SMILES string of the molecule is CCC1CCN(Cc2ccc3ccccc3c2)C(CN)C1. The molecule has 0 radical (unpaired) electrons. The molecule has 2 atom stereocenters. The van der Waals surface area contributed by atoms with E-state index in [0.717, 1.165) is 19.0 Å². The molecule has 1 heterocycles. The normalized spacial score (nSPS) is 23.5. The molecule has 1 fully saturated rings. The number of benzene rings is 2. The Balaban J connectivity index is 1.74. The Bertz CT molecular complexity index is 593. The molecule has 0 amide bonds. The van der Waals surface area contributed by atoms with Crippen molar-refractivity contribution < 1.29 is 0 Å². The number of likely N-dealkylation sites (tertiary alicyclic amines) is 1. The molecule has 0 spiro atoms. The summed E-state index contributed by atoms with van der Waals surface area (Å²) in [5.41, 5.74) is 7.42. The van der Waals surface area contributed by atoms with Crippen molar-refractivity contribution in [2.24, 2.45) is 11.7 Å². The minimum absolute atomic E-state index is 0.551. The molecule has 0 saturated carbocycles. The summed E-state index contributed by atoms with van der Waals surface area (Å²) in [5, 5.41) is 2.66. The van der Waals surface area contributed by atoms with Gasteiger partial charge in [0.05, 0.1) is 0 Å². The Labute approximate surface area is 127 Å². The fraction of sp³-hybridized carbons (Fsp3) is 0.474. The third kappa shape index (κ3) is 3.28. The molecule has 2 heteroatoms. The van der Waals surface area contributed by atoms with Crippen LogP contribution in [0.1, 0.15) is 31.7 Å². The maximum atomic E-state index is 6.01. The Kier molecular flexibility index (Phi) is 4.57. The predicted octanol–water partition coefficient (Wildman–Crippen LogP) is 3.79. The highest BCUT2D eigenvalue weighted by Crippen LogP contribution is 2.27. The number of hydrogen-bond acceptors (Lipinski definition) is 2. The number of hydrogen-bond donors (Lipinski definition) is 1. The lowest BCUT2D eigenvalue weighted by Gasteiger charge is -2.39. The summed E-state index contributed by atoms with van der Waals surface area (Å²) in [7, 11) is 0. The zero-order chi connectivity index (χ0) is 14.7. The highest BCUT2D eigenvalue weighted by atomic mass is 15.2. The molecule has 1 aliphatic heterocycles. The van der Waals surface area contributed by atoms with Crippen LogP contribution in [-0.2, 0) is 6.54 Å². The molecule has 3 rings (SSSR count). The van der Waals surface area contributed by atoms with Gasteiger partial charge < -0.3 is 5.73 Å². The Morgan fingerprint density at radius 1 is 1.14 bits per heavy atom. The van der Waals surface area contributed by atoms with E-state index in [0.29, 0.717) is 6.04 Å². The first-order chi connectivity index (χ1) is 10.3. The van der Waals surface area contributed by atoms with Crippen molar-refractivity contribution in [2.75, 3.05) is 13.1 Å². The second-order valence-corrected chi connectivity index (χ2v) is 6.34. The number of rotatable bonds is 4. The van der Waals surface area contributed by atoms with E-state index in [2.05, 4.69) is 54.3 Å². The van der Waals surface area contributed by atoms with E-state index in [4.69, 9.17) is 5.73 Å². The minimum Gasteiger partial charge on any atom is -0.329 e. The van der Waals surface area contributed by atoms with Crippen LogP contribution < -0.4 is 5.73 Å². The molecule has 0 bridgehead atoms. The van der Waals surface area contributed by atoms with Gasteiger partial charge in [-0.1, -0.05) is 49.7 Å². The van der Waals surface area contributed by atoms with E-state index >= 15 is 0 Å². The molecule has 1 aliphatic rings. The van der Waals surface area contributed by atoms with Crippen LogP contribution in [-0.4, -0.2) is 24.0 Å². The van der Waals surface area contributed by atoms with Crippen molar-refractivity contribution in [1.29, 1.82) is 0 Å². The second kappa shape index (κ2) is 6.59. The summed E-state index contributed by atoms with van der Waals surface area (Å²) in [6, 6.07) is 16.0. The lowest BCUT2D eigenvalue weighted by Crippen LogP contribution is -2.45. The molecule has 112 valence electrons. The summed E-state index contributed by atoms with van der Waals surface area (Å²) in [5.74, 6) is 0.867. The van der Waals surface area contributed by atoms with Gasteiger partial charge in [-0.2, -0.15) is 0 Å². The van der Waals surface area contributed by atoms with E-state index in [1.165, 1.54) is 42.1 Å². The standard InChI is InChI=1S/C19H26N2/c1-2-15-9-10-21(19(12-15)13-20)14-16-7-8-17-5-3-4-6-18(17)11-16/h3-8,11,15,19H,2,9-10,12-14,20H2,1H3. The van der Waals surface area contributed by atoms with E-state index in [1.807, 2.05) is 0 Å². The monoisotopic (exact) mass is 282 g/mol. The molecule has 2 aromatic rings. The van der Waals surface area contributed by atoms with Crippen molar-refractivity contribution in [3.05, 3.63) is 48.0 Å². The van der Waals surface area contributed by atoms with Crippen molar-refractivity contribution in [3.63, 3.8) is 0 Å². The second-order valence-electron chi connectivity index (χ2n) is 6.34. The zero-order valence-electron chi connectivity index (χ0n) is 13.0. The van der Waals surface area contributed by atoms with Gasteiger partial charge in [0.25, 0.3) is 0 Å². The predicted molar refractivity (Wildman–Crippen MR) is 90.2 cm³/mol. The molecule has 0 aromatic heterocycles. The van der Waals surface area contributed by atoms with Gasteiger partial charge in [-0.25, -0.2) is 0 Å². The van der Waals surface area contributed by atoms with Gasteiger partial charge in [0, 0.05) is 19.1 Å². The van der Waals surface area contributed by atoms with Crippen molar-refractivity contribution in [2.45, 2.75) is 38.8 Å². The molecular formula is C19H26N2. The van der Waals surface area contributed by atoms with Crippen LogP contribution >= 0.6 is 0 Å². The average molecular weight is 282 g/mol. The van der Waals surface area contributed by atoms with Crippen LogP contribution in [0.2, 0.25) is 0 Å². The van der Waals surface area contributed by atoms with Crippen molar-refractivity contribution in [3.8, 4) is 0 Å². The van der Waals surface area contributed by atoms with Crippen LogP contribution in [0.4, 0.5) is 0 Å². The van der Waals surface area contributed by atoms with Crippen LogP contribution in [0.3, 0.4) is 0 Å². The van der Waals surface area contributed by atoms with Crippen molar-refractivity contribution >= 4 is 10.8 Å². The van der Waals surface area contributed by atoms with Gasteiger partial charge in [0.1, 0.15) is 0 Å². The molecule has 2 N–H and O–H groups in total. The first kappa shape index (κ1) is 14.6. The van der Waals surface area contributed by atoms with E-state index in [1.54, 1.807) is 0 Å². The van der Waals surface area contributed by atoms with Crippen LogP contribution in [0.25, 0.3) is 10.8 Å². The number of fused-ring (bicyclic) bond motifs is 1. The Hall–Kier alpha value is -1.38. The summed E-state index contributed by atoms with van der Waals surface area (Å²) >= 11 is 0. The van der Waals surface area contributed by atoms with Gasteiger partial charge in [0.15, 0.2) is 0 Å². The molecule has 2 nitrogen and oxygen atoms in total. The van der Waals surface area contributed by atoms with Gasteiger partial charge in [-0.15, -0.1) is 0 Å². The van der Waals surface area contributed by atoms with Crippen LogP contribution in [0.5, 0.6) is 0 Å². The fourth-order valence-electron chi connectivity index (χ4n) is 3.58. The van der Waals surface area contributed by atoms with Crippen LogP contribution in [0.15, 0.2) is 42.5 Å². The highest BCUT2D eigenvalue weighted by molar-refractivity contribution is 5.82. The molecule has 0 aliphatic carbocycles. The lowest BCUT2D eigenvalue weighted by molar-refractivity contribution is 0.107. The van der Waals surface area contributed by atoms with Crippen LogP contribution in [0, 0.1) is 5.92 Å². The summed E-state index contributed by atoms with van der Waals surface area (Å²) in [4.78, 5) is 2.58. The van der Waals surface area contributed by atoms with E-state index < -0.39 is 0 Å². The van der Waals surface area contributed by atoms with E-state index in [9.17, 15) is 0 Å². The maximum Gasteiger partial charge on any atom is 0.0237 e. The van der Waals surface area contributed by atoms with Gasteiger partial charge in [0.2, 0.25) is 0 Å². The third-order valence-electron chi connectivity index (χ3n) is 5.00. The van der Waals surface area contributed by atoms with Gasteiger partial charge in [-0.05, 0) is 47.7 Å². The van der Waals surface area contributed by atoms with Gasteiger partial charge >= 0.3 is 0 Å². The van der Waals surface area contributed by atoms with E-state index in [-0.39, 0.29) is 0 Å². The molecule has 2 unspecified atom stereocenters. The maximum absolute atomic E-state index is 6.01. The summed E-state index contributed by atoms with van der Waals surface area (Å²) < 4.78 is 0. The molecule has 2 aromatic carbocycles. The third-order valence-corrected chi connectivity index (χ3v) is 5.00. The summed E-state index contributed by atoms with van der Waals surface area (Å²) in [6.45, 7) is 5.30. The number of nitrogens with two attached hydrogens (primary N) is 1. The zero-order valence-corrected chi connectivity index (χ0v) is 13.0. The first-order valence-electron chi connectivity index (χ1n) is 8.22. The molecule has 21 heavy (non-hydrogen) atoms. The Morgan fingerprint density at radius 2 is 1.95 bits per heavy atom. The first-order valence-corrected chi connectivity index (χ1v) is 8.22. The van der Waals surface area contributed by atoms with Gasteiger partial charge in [-0.3, -0.25) is 4.90 Å². The Morgan fingerprint density at radius 3 is 2.71 bits per heavy atom. The number of piperidine rings is 1. The quantitative estimate of drug-likeness (QED) is 0.924. The smallest absolute Gasteiger partial charge is 0.0237 e. The minimum atomic E-state index is 0.551. The molecule has 1 saturated heterocycles. The summed E-state index contributed by atoms with van der Waals surface area (Å²) in [6.07, 6.45) is 3.88. The van der Waals surface area contributed by atoms with Crippen molar-refractivity contribution in [1.82, 2.24) is 4.90 Å². The highest BCUT2D eigenvalue weighted by Gasteiger charge is 2.26. The number of nitrogens with zero attached hydrogens (tertiary/aromatic N) is 1. The molecular weight excluding hydrogens is 256 g/mol. The largest absolute Gasteiger partial charge is 0.329 e.